The summed E-state index contributed by atoms with van der Waals surface area (Å²) in [6.07, 6.45) is -2.66. The first-order chi connectivity index (χ1) is 6.06. The summed E-state index contributed by atoms with van der Waals surface area (Å²) in [4.78, 5) is 13.5. The molecule has 0 aliphatic carbocycles. The Hall–Kier alpha value is -0.170. The zero-order chi connectivity index (χ0) is 10.0. The molecule has 0 aliphatic rings. The van der Waals surface area contributed by atoms with Gasteiger partial charge < -0.3 is 4.98 Å². The minimum Gasteiger partial charge on any atom is -0.317 e. The first-order valence-electron chi connectivity index (χ1n) is 3.32. The number of pyridine rings is 1. The summed E-state index contributed by atoms with van der Waals surface area (Å²) in [7, 11) is 0. The molecule has 2 nitrogen and oxygen atoms in total. The highest BCUT2D eigenvalue weighted by Gasteiger charge is 2.15. The van der Waals surface area contributed by atoms with Crippen molar-refractivity contribution < 1.29 is 8.78 Å². The monoisotopic (exact) mass is 319 g/mol. The average molecular weight is 319 g/mol. The van der Waals surface area contributed by atoms with Gasteiger partial charge in [0.2, 0.25) is 0 Å². The number of alkyl halides is 3. The van der Waals surface area contributed by atoms with E-state index < -0.39 is 12.0 Å². The minimum absolute atomic E-state index is 0.0583. The highest BCUT2D eigenvalue weighted by atomic mass is 127. The van der Waals surface area contributed by atoms with Gasteiger partial charge in [-0.3, -0.25) is 4.79 Å². The molecule has 0 saturated carbocycles. The first kappa shape index (κ1) is 10.9. The van der Waals surface area contributed by atoms with E-state index in [0.29, 0.717) is 3.70 Å². The van der Waals surface area contributed by atoms with Gasteiger partial charge in [0.15, 0.2) is 0 Å². The van der Waals surface area contributed by atoms with Crippen LogP contribution in [0.1, 0.15) is 17.6 Å². The molecule has 0 bridgehead atoms. The summed E-state index contributed by atoms with van der Waals surface area (Å²) in [5.74, 6) is -0.202. The molecule has 6 heteroatoms. The molecule has 1 N–H and O–H groups in total. The van der Waals surface area contributed by atoms with Gasteiger partial charge in [0.1, 0.15) is 0 Å². The van der Waals surface area contributed by atoms with Crippen molar-refractivity contribution in [3.8, 4) is 0 Å². The van der Waals surface area contributed by atoms with Crippen molar-refractivity contribution in [1.29, 1.82) is 0 Å². The van der Waals surface area contributed by atoms with Gasteiger partial charge in [-0.15, -0.1) is 11.6 Å². The van der Waals surface area contributed by atoms with Crippen molar-refractivity contribution in [2.45, 2.75) is 12.3 Å². The minimum atomic E-state index is -2.66. The van der Waals surface area contributed by atoms with Gasteiger partial charge in [-0.1, -0.05) is 0 Å². The summed E-state index contributed by atoms with van der Waals surface area (Å²) in [5, 5.41) is 0. The largest absolute Gasteiger partial charge is 0.317 e. The fourth-order valence-corrected chi connectivity index (χ4v) is 1.76. The van der Waals surface area contributed by atoms with Crippen LogP contribution in [0.2, 0.25) is 0 Å². The van der Waals surface area contributed by atoms with Crippen LogP contribution in [-0.4, -0.2) is 4.98 Å². The maximum absolute atomic E-state index is 12.4. The van der Waals surface area contributed by atoms with Crippen LogP contribution in [0.25, 0.3) is 0 Å². The van der Waals surface area contributed by atoms with Crippen LogP contribution in [0.3, 0.4) is 0 Å². The summed E-state index contributed by atoms with van der Waals surface area (Å²) >= 11 is 7.14. The van der Waals surface area contributed by atoms with E-state index in [2.05, 4.69) is 4.98 Å². The molecule has 0 aliphatic heterocycles. The van der Waals surface area contributed by atoms with Crippen LogP contribution in [0.4, 0.5) is 8.78 Å². The topological polar surface area (TPSA) is 32.9 Å². The van der Waals surface area contributed by atoms with Crippen LogP contribution in [0.15, 0.2) is 10.9 Å². The Labute approximate surface area is 91.4 Å². The number of halogens is 4. The third-order valence-corrected chi connectivity index (χ3v) is 2.35. The van der Waals surface area contributed by atoms with Gasteiger partial charge in [-0.05, 0) is 28.7 Å². The fourth-order valence-electron chi connectivity index (χ4n) is 0.907. The fraction of sp³-hybridized carbons (Fsp3) is 0.286. The molecular formula is C7H5ClF2INO. The molecule has 0 aromatic carbocycles. The Bertz CT molecular complexity index is 366. The van der Waals surface area contributed by atoms with Crippen molar-refractivity contribution in [1.82, 2.24) is 4.98 Å². The van der Waals surface area contributed by atoms with Crippen LogP contribution >= 0.6 is 34.2 Å². The average Bonchev–Trinajstić information content (AvgIpc) is 2.02. The Morgan fingerprint density at radius 2 is 2.23 bits per heavy atom. The van der Waals surface area contributed by atoms with E-state index in [0.717, 1.165) is 0 Å². The predicted octanol–water partition coefficient (Wildman–Crippen LogP) is 2.66. The lowest BCUT2D eigenvalue weighted by Gasteiger charge is -2.04. The summed E-state index contributed by atoms with van der Waals surface area (Å²) < 4.78 is 25.1. The molecule has 1 rings (SSSR count). The van der Waals surface area contributed by atoms with Gasteiger partial charge in [0, 0.05) is 11.1 Å². The Balaban J connectivity index is 3.38. The smallest absolute Gasteiger partial charge is 0.264 e. The summed E-state index contributed by atoms with van der Waals surface area (Å²) in [6.45, 7) is 0. The van der Waals surface area contributed by atoms with Crippen molar-refractivity contribution in [3.63, 3.8) is 0 Å². The number of H-pyrrole nitrogens is 1. The molecule has 0 amide bonds. The standard InChI is InChI=1S/C7H5ClF2INO/c8-2-4-3(6(9)10)1-5(11)12-7(4)13/h1,6H,2H2,(H,12,13). The van der Waals surface area contributed by atoms with E-state index in [9.17, 15) is 13.6 Å². The highest BCUT2D eigenvalue weighted by Crippen LogP contribution is 2.22. The highest BCUT2D eigenvalue weighted by molar-refractivity contribution is 14.1. The maximum atomic E-state index is 12.4. The Morgan fingerprint density at radius 3 is 2.69 bits per heavy atom. The third kappa shape index (κ3) is 2.40. The number of hydrogen-bond donors (Lipinski definition) is 1. The second-order valence-electron chi connectivity index (χ2n) is 2.31. The van der Waals surface area contributed by atoms with E-state index in [1.807, 2.05) is 0 Å². The van der Waals surface area contributed by atoms with Gasteiger partial charge >= 0.3 is 0 Å². The van der Waals surface area contributed by atoms with Gasteiger partial charge in [-0.2, -0.15) is 0 Å². The van der Waals surface area contributed by atoms with Crippen LogP contribution in [-0.2, 0) is 5.88 Å². The zero-order valence-electron chi connectivity index (χ0n) is 6.28. The number of nitrogens with one attached hydrogen (secondary N) is 1. The van der Waals surface area contributed by atoms with Crippen molar-refractivity contribution in [2.75, 3.05) is 0 Å². The molecule has 72 valence electrons. The van der Waals surface area contributed by atoms with Gasteiger partial charge in [0.05, 0.1) is 9.58 Å². The predicted molar refractivity (Wildman–Crippen MR) is 54.3 cm³/mol. The quantitative estimate of drug-likeness (QED) is 0.507. The second-order valence-corrected chi connectivity index (χ2v) is 3.74. The number of aromatic amines is 1. The van der Waals surface area contributed by atoms with E-state index in [1.54, 1.807) is 22.6 Å². The summed E-state index contributed by atoms with van der Waals surface area (Å²) in [5.41, 5.74) is -0.891. The number of rotatable bonds is 2. The molecular weight excluding hydrogens is 314 g/mol. The lowest BCUT2D eigenvalue weighted by atomic mass is 10.2. The SMILES string of the molecule is O=c1[nH]c(I)cc(C(F)F)c1CCl. The molecule has 0 unspecified atom stereocenters. The number of aromatic nitrogens is 1. The van der Waals surface area contributed by atoms with Crippen LogP contribution in [0, 0.1) is 3.70 Å². The lowest BCUT2D eigenvalue weighted by molar-refractivity contribution is 0.150. The summed E-state index contributed by atoms with van der Waals surface area (Å²) in [6, 6.07) is 1.23. The lowest BCUT2D eigenvalue weighted by Crippen LogP contribution is -2.15. The Kier molecular flexibility index (Phi) is 3.66. The van der Waals surface area contributed by atoms with E-state index in [4.69, 9.17) is 11.6 Å². The molecule has 1 heterocycles. The van der Waals surface area contributed by atoms with Crippen molar-refractivity contribution in [3.05, 3.63) is 31.2 Å². The second kappa shape index (κ2) is 4.36. The van der Waals surface area contributed by atoms with Crippen molar-refractivity contribution >= 4 is 34.2 Å². The van der Waals surface area contributed by atoms with E-state index in [-0.39, 0.29) is 17.0 Å². The normalized spacial score (nSPS) is 10.8. The molecule has 0 radical (unpaired) electrons. The molecule has 1 aromatic heterocycles. The van der Waals surface area contributed by atoms with Crippen LogP contribution < -0.4 is 5.56 Å². The van der Waals surface area contributed by atoms with E-state index in [1.165, 1.54) is 6.07 Å². The molecule has 0 spiro atoms. The molecule has 0 atom stereocenters. The van der Waals surface area contributed by atoms with Crippen molar-refractivity contribution in [2.24, 2.45) is 0 Å². The molecule has 0 saturated heterocycles. The van der Waals surface area contributed by atoms with Crippen LogP contribution in [0.5, 0.6) is 0 Å². The maximum Gasteiger partial charge on any atom is 0.264 e. The number of hydrogen-bond acceptors (Lipinski definition) is 1. The van der Waals surface area contributed by atoms with Gasteiger partial charge in [0.25, 0.3) is 12.0 Å². The Morgan fingerprint density at radius 1 is 1.62 bits per heavy atom. The first-order valence-corrected chi connectivity index (χ1v) is 4.93. The zero-order valence-corrected chi connectivity index (χ0v) is 9.20. The van der Waals surface area contributed by atoms with E-state index >= 15 is 0 Å². The molecule has 13 heavy (non-hydrogen) atoms. The van der Waals surface area contributed by atoms with Gasteiger partial charge in [-0.25, -0.2) is 8.78 Å². The molecule has 0 fully saturated rings. The third-order valence-electron chi connectivity index (χ3n) is 1.51. The molecule has 1 aromatic rings.